The molecule has 0 heterocycles. The van der Waals surface area contributed by atoms with Gasteiger partial charge in [-0.3, -0.25) is 0 Å². The fraction of sp³-hybridized carbons (Fsp3) is 0.294. The molecule has 20 heavy (non-hydrogen) atoms. The van der Waals surface area contributed by atoms with Crippen LogP contribution in [-0.4, -0.2) is 13.2 Å². The molecule has 2 aromatic rings. The highest BCUT2D eigenvalue weighted by molar-refractivity contribution is 5.27. The van der Waals surface area contributed by atoms with Crippen molar-refractivity contribution in [3.63, 3.8) is 0 Å². The summed E-state index contributed by atoms with van der Waals surface area (Å²) < 4.78 is 19.0. The number of hydrogen-bond acceptors (Lipinski definition) is 2. The quantitative estimate of drug-likeness (QED) is 0.777. The molecule has 2 rings (SSSR count). The Morgan fingerprint density at radius 1 is 1.10 bits per heavy atom. The zero-order valence-electron chi connectivity index (χ0n) is 11.7. The Morgan fingerprint density at radius 2 is 1.95 bits per heavy atom. The zero-order valence-corrected chi connectivity index (χ0v) is 11.7. The fourth-order valence-electron chi connectivity index (χ4n) is 1.96. The first-order valence-corrected chi connectivity index (χ1v) is 6.89. The van der Waals surface area contributed by atoms with Gasteiger partial charge in [-0.2, -0.15) is 0 Å². The third-order valence-electron chi connectivity index (χ3n) is 3.03. The van der Waals surface area contributed by atoms with Crippen LogP contribution in [0, 0.1) is 12.7 Å². The first kappa shape index (κ1) is 14.5. The van der Waals surface area contributed by atoms with Gasteiger partial charge in [0.25, 0.3) is 0 Å². The third kappa shape index (κ3) is 4.67. The van der Waals surface area contributed by atoms with Gasteiger partial charge in [-0.05, 0) is 43.7 Å². The lowest BCUT2D eigenvalue weighted by Crippen LogP contribution is -2.17. The van der Waals surface area contributed by atoms with Gasteiger partial charge in [0.2, 0.25) is 0 Å². The predicted molar refractivity (Wildman–Crippen MR) is 79.4 cm³/mol. The van der Waals surface area contributed by atoms with Gasteiger partial charge in [0.1, 0.15) is 11.6 Å². The predicted octanol–water partition coefficient (Wildman–Crippen LogP) is 3.69. The molecule has 0 atom stereocenters. The van der Waals surface area contributed by atoms with E-state index in [-0.39, 0.29) is 5.82 Å². The van der Waals surface area contributed by atoms with Crippen molar-refractivity contribution in [1.82, 2.24) is 5.32 Å². The van der Waals surface area contributed by atoms with Gasteiger partial charge in [0.05, 0.1) is 6.61 Å². The molecule has 106 valence electrons. The topological polar surface area (TPSA) is 21.3 Å². The van der Waals surface area contributed by atoms with Gasteiger partial charge in [0.15, 0.2) is 0 Å². The van der Waals surface area contributed by atoms with Gasteiger partial charge >= 0.3 is 0 Å². The van der Waals surface area contributed by atoms with Crippen LogP contribution in [0.2, 0.25) is 0 Å². The van der Waals surface area contributed by atoms with E-state index in [0.717, 1.165) is 18.7 Å². The van der Waals surface area contributed by atoms with Crippen molar-refractivity contribution < 1.29 is 9.13 Å². The van der Waals surface area contributed by atoms with Crippen LogP contribution in [0.3, 0.4) is 0 Å². The summed E-state index contributed by atoms with van der Waals surface area (Å²) in [5.74, 6) is 0.745. The molecule has 0 saturated carbocycles. The van der Waals surface area contributed by atoms with Crippen LogP contribution in [0.1, 0.15) is 17.5 Å². The second-order valence-corrected chi connectivity index (χ2v) is 4.79. The molecule has 0 unspecified atom stereocenters. The number of rotatable bonds is 7. The molecule has 0 fully saturated rings. The molecule has 0 aromatic heterocycles. The fourth-order valence-corrected chi connectivity index (χ4v) is 1.96. The second kappa shape index (κ2) is 7.65. The smallest absolute Gasteiger partial charge is 0.127 e. The Balaban J connectivity index is 1.61. The molecular weight excluding hydrogens is 253 g/mol. The van der Waals surface area contributed by atoms with Crippen LogP contribution in [0.4, 0.5) is 4.39 Å². The van der Waals surface area contributed by atoms with Gasteiger partial charge in [-0.1, -0.05) is 30.3 Å². The Morgan fingerprint density at radius 3 is 2.75 bits per heavy atom. The lowest BCUT2D eigenvalue weighted by atomic mass is 10.2. The van der Waals surface area contributed by atoms with Crippen molar-refractivity contribution in [2.24, 2.45) is 0 Å². The van der Waals surface area contributed by atoms with Crippen molar-refractivity contribution in [2.75, 3.05) is 13.2 Å². The Hall–Kier alpha value is -1.87. The second-order valence-electron chi connectivity index (χ2n) is 4.79. The van der Waals surface area contributed by atoms with E-state index < -0.39 is 0 Å². The SMILES string of the molecule is Cc1cccc(OCCCNCc2ccccc2F)c1. The molecule has 0 bridgehead atoms. The molecule has 1 N–H and O–H groups in total. The summed E-state index contributed by atoms with van der Waals surface area (Å²) in [6.45, 7) is 4.06. The largest absolute Gasteiger partial charge is 0.494 e. The number of nitrogens with one attached hydrogen (secondary N) is 1. The zero-order chi connectivity index (χ0) is 14.2. The molecule has 0 amide bonds. The lowest BCUT2D eigenvalue weighted by Gasteiger charge is -2.08. The van der Waals surface area contributed by atoms with E-state index in [4.69, 9.17) is 4.74 Å². The van der Waals surface area contributed by atoms with Crippen LogP contribution >= 0.6 is 0 Å². The van der Waals surface area contributed by atoms with E-state index in [1.807, 2.05) is 37.3 Å². The summed E-state index contributed by atoms with van der Waals surface area (Å²) in [5.41, 5.74) is 1.90. The Bertz CT molecular complexity index is 542. The number of halogens is 1. The van der Waals surface area contributed by atoms with Gasteiger partial charge in [0, 0.05) is 12.1 Å². The third-order valence-corrected chi connectivity index (χ3v) is 3.03. The maximum absolute atomic E-state index is 13.4. The Kier molecular flexibility index (Phi) is 5.56. The van der Waals surface area contributed by atoms with E-state index in [9.17, 15) is 4.39 Å². The van der Waals surface area contributed by atoms with Crippen molar-refractivity contribution in [2.45, 2.75) is 19.9 Å². The molecular formula is C17H20FNO. The molecule has 2 nitrogen and oxygen atoms in total. The highest BCUT2D eigenvalue weighted by atomic mass is 19.1. The molecule has 0 spiro atoms. The summed E-state index contributed by atoms with van der Waals surface area (Å²) in [7, 11) is 0. The monoisotopic (exact) mass is 273 g/mol. The first-order valence-electron chi connectivity index (χ1n) is 6.89. The van der Waals surface area contributed by atoms with Gasteiger partial charge < -0.3 is 10.1 Å². The molecule has 2 aromatic carbocycles. The van der Waals surface area contributed by atoms with Gasteiger partial charge in [-0.25, -0.2) is 4.39 Å². The van der Waals surface area contributed by atoms with E-state index in [2.05, 4.69) is 5.32 Å². The number of aryl methyl sites for hydroxylation is 1. The van der Waals surface area contributed by atoms with Crippen molar-refractivity contribution in [3.05, 3.63) is 65.5 Å². The first-order chi connectivity index (χ1) is 9.75. The maximum atomic E-state index is 13.4. The number of ether oxygens (including phenoxy) is 1. The lowest BCUT2D eigenvalue weighted by molar-refractivity contribution is 0.307. The maximum Gasteiger partial charge on any atom is 0.127 e. The van der Waals surface area contributed by atoms with Crippen LogP contribution in [0.15, 0.2) is 48.5 Å². The summed E-state index contributed by atoms with van der Waals surface area (Å²) in [6, 6.07) is 14.8. The minimum absolute atomic E-state index is 0.156. The highest BCUT2D eigenvalue weighted by Gasteiger charge is 1.99. The van der Waals surface area contributed by atoms with E-state index in [0.29, 0.717) is 18.7 Å². The standard InChI is InChI=1S/C17H20FNO/c1-14-6-4-8-16(12-14)20-11-5-10-19-13-15-7-2-3-9-17(15)18/h2-4,6-9,12,19H,5,10-11,13H2,1H3. The minimum Gasteiger partial charge on any atom is -0.494 e. The molecule has 0 radical (unpaired) electrons. The van der Waals surface area contributed by atoms with Crippen molar-refractivity contribution in [1.29, 1.82) is 0 Å². The van der Waals surface area contributed by atoms with Crippen LogP contribution < -0.4 is 10.1 Å². The summed E-state index contributed by atoms with van der Waals surface area (Å²) in [5, 5.41) is 3.22. The van der Waals surface area contributed by atoms with Crippen molar-refractivity contribution >= 4 is 0 Å². The molecule has 3 heteroatoms. The summed E-state index contributed by atoms with van der Waals surface area (Å²) in [4.78, 5) is 0. The summed E-state index contributed by atoms with van der Waals surface area (Å²) >= 11 is 0. The molecule has 0 aliphatic rings. The average Bonchev–Trinajstić information content (AvgIpc) is 2.44. The minimum atomic E-state index is -0.156. The molecule has 0 aliphatic carbocycles. The highest BCUT2D eigenvalue weighted by Crippen LogP contribution is 2.12. The van der Waals surface area contributed by atoms with Crippen LogP contribution in [0.25, 0.3) is 0 Å². The van der Waals surface area contributed by atoms with Gasteiger partial charge in [-0.15, -0.1) is 0 Å². The van der Waals surface area contributed by atoms with E-state index >= 15 is 0 Å². The number of benzene rings is 2. The summed E-state index contributed by atoms with van der Waals surface area (Å²) in [6.07, 6.45) is 0.891. The number of hydrogen-bond donors (Lipinski definition) is 1. The normalized spacial score (nSPS) is 10.5. The molecule has 0 saturated heterocycles. The van der Waals surface area contributed by atoms with Crippen LogP contribution in [-0.2, 0) is 6.54 Å². The Labute approximate surface area is 119 Å². The van der Waals surface area contributed by atoms with Crippen molar-refractivity contribution in [3.8, 4) is 5.75 Å². The van der Waals surface area contributed by atoms with Crippen LogP contribution in [0.5, 0.6) is 5.75 Å². The van der Waals surface area contributed by atoms with E-state index in [1.165, 1.54) is 11.6 Å². The molecule has 0 aliphatic heterocycles. The average molecular weight is 273 g/mol. The van der Waals surface area contributed by atoms with E-state index in [1.54, 1.807) is 12.1 Å².